The minimum atomic E-state index is -4.51. The molecule has 1 aromatic carbocycles. The summed E-state index contributed by atoms with van der Waals surface area (Å²) in [5.41, 5.74) is 0.536. The lowest BCUT2D eigenvalue weighted by atomic mass is 10.0. The standard InChI is InChI=1S/C15H14F3N3/c1-9(2)21-8-12(15(16,17)18)20-14(21)13-10(3)5-4-6-11(13)7-19/h4-6,8-9H,1-3H3. The molecule has 0 amide bonds. The zero-order valence-corrected chi connectivity index (χ0v) is 11.9. The molecule has 0 bridgehead atoms. The quantitative estimate of drug-likeness (QED) is 0.827. The predicted molar refractivity (Wildman–Crippen MR) is 72.5 cm³/mol. The predicted octanol–water partition coefficient (Wildman–Crippen LogP) is 4.33. The number of aryl methyl sites for hydroxylation is 1. The van der Waals surface area contributed by atoms with E-state index in [4.69, 9.17) is 0 Å². The van der Waals surface area contributed by atoms with Gasteiger partial charge in [0, 0.05) is 17.8 Å². The first kappa shape index (κ1) is 15.1. The molecule has 0 aliphatic rings. The largest absolute Gasteiger partial charge is 0.434 e. The molecule has 3 nitrogen and oxygen atoms in total. The van der Waals surface area contributed by atoms with Crippen LogP contribution in [0.5, 0.6) is 0 Å². The first-order chi connectivity index (χ1) is 9.75. The maximum atomic E-state index is 12.9. The summed E-state index contributed by atoms with van der Waals surface area (Å²) in [6, 6.07) is 6.85. The number of halogens is 3. The zero-order chi connectivity index (χ0) is 15.8. The average Bonchev–Trinajstić information content (AvgIpc) is 2.83. The summed E-state index contributed by atoms with van der Waals surface area (Å²) < 4.78 is 40.2. The fourth-order valence-electron chi connectivity index (χ4n) is 2.17. The normalized spacial score (nSPS) is 11.7. The molecular formula is C15H14F3N3. The lowest BCUT2D eigenvalue weighted by Gasteiger charge is -2.13. The SMILES string of the molecule is Cc1cccc(C#N)c1-c1nc(C(F)(F)F)cn1C(C)C. The van der Waals surface area contributed by atoms with Gasteiger partial charge < -0.3 is 4.57 Å². The number of rotatable bonds is 2. The molecule has 21 heavy (non-hydrogen) atoms. The maximum Gasteiger partial charge on any atom is 0.434 e. The van der Waals surface area contributed by atoms with Crippen LogP contribution in [0.3, 0.4) is 0 Å². The van der Waals surface area contributed by atoms with Crippen molar-refractivity contribution in [1.82, 2.24) is 9.55 Å². The Morgan fingerprint density at radius 1 is 1.29 bits per heavy atom. The van der Waals surface area contributed by atoms with Crippen molar-refractivity contribution >= 4 is 0 Å². The molecule has 1 heterocycles. The monoisotopic (exact) mass is 293 g/mol. The van der Waals surface area contributed by atoms with Gasteiger partial charge in [0.1, 0.15) is 5.82 Å². The van der Waals surface area contributed by atoms with Crippen molar-refractivity contribution in [3.05, 3.63) is 41.2 Å². The first-order valence-electron chi connectivity index (χ1n) is 6.42. The summed E-state index contributed by atoms with van der Waals surface area (Å²) in [5.74, 6) is 0.173. The van der Waals surface area contributed by atoms with Crippen molar-refractivity contribution in [2.75, 3.05) is 0 Å². The second kappa shape index (κ2) is 5.24. The Bertz CT molecular complexity index is 706. The topological polar surface area (TPSA) is 41.6 Å². The summed E-state index contributed by atoms with van der Waals surface area (Å²) in [6.07, 6.45) is -3.52. The van der Waals surface area contributed by atoms with E-state index in [0.29, 0.717) is 11.1 Å². The van der Waals surface area contributed by atoms with Crippen LogP contribution < -0.4 is 0 Å². The highest BCUT2D eigenvalue weighted by Crippen LogP contribution is 2.34. The fourth-order valence-corrected chi connectivity index (χ4v) is 2.17. The van der Waals surface area contributed by atoms with Gasteiger partial charge in [-0.05, 0) is 32.4 Å². The molecule has 0 fully saturated rings. The van der Waals surface area contributed by atoms with Crippen LogP contribution in [0.2, 0.25) is 0 Å². The molecule has 6 heteroatoms. The van der Waals surface area contributed by atoms with E-state index in [1.807, 2.05) is 6.07 Å². The van der Waals surface area contributed by atoms with Gasteiger partial charge in [-0.15, -0.1) is 0 Å². The van der Waals surface area contributed by atoms with Crippen molar-refractivity contribution in [2.24, 2.45) is 0 Å². The molecule has 0 aliphatic heterocycles. The molecule has 0 unspecified atom stereocenters. The molecule has 0 saturated heterocycles. The number of imidazole rings is 1. The van der Waals surface area contributed by atoms with Crippen LogP contribution >= 0.6 is 0 Å². The van der Waals surface area contributed by atoms with Crippen LogP contribution in [0.25, 0.3) is 11.4 Å². The van der Waals surface area contributed by atoms with Gasteiger partial charge in [0.05, 0.1) is 11.6 Å². The van der Waals surface area contributed by atoms with Crippen LogP contribution in [0.15, 0.2) is 24.4 Å². The Morgan fingerprint density at radius 3 is 2.48 bits per heavy atom. The van der Waals surface area contributed by atoms with E-state index in [1.165, 1.54) is 4.57 Å². The van der Waals surface area contributed by atoms with Gasteiger partial charge in [-0.2, -0.15) is 18.4 Å². The fraction of sp³-hybridized carbons (Fsp3) is 0.333. The molecule has 0 N–H and O–H groups in total. The van der Waals surface area contributed by atoms with E-state index in [9.17, 15) is 18.4 Å². The van der Waals surface area contributed by atoms with Gasteiger partial charge in [0.15, 0.2) is 5.69 Å². The highest BCUT2D eigenvalue weighted by atomic mass is 19.4. The number of benzene rings is 1. The smallest absolute Gasteiger partial charge is 0.328 e. The van der Waals surface area contributed by atoms with Gasteiger partial charge in [-0.1, -0.05) is 12.1 Å². The van der Waals surface area contributed by atoms with Crippen molar-refractivity contribution in [3.8, 4) is 17.5 Å². The van der Waals surface area contributed by atoms with Crippen molar-refractivity contribution in [2.45, 2.75) is 33.0 Å². The van der Waals surface area contributed by atoms with Crippen LogP contribution in [-0.2, 0) is 6.18 Å². The number of nitrogens with zero attached hydrogens (tertiary/aromatic N) is 3. The Balaban J connectivity index is 2.76. The van der Waals surface area contributed by atoms with Crippen LogP contribution in [0.4, 0.5) is 13.2 Å². The second-order valence-electron chi connectivity index (χ2n) is 5.06. The average molecular weight is 293 g/mol. The van der Waals surface area contributed by atoms with E-state index >= 15 is 0 Å². The van der Waals surface area contributed by atoms with Crippen LogP contribution in [0.1, 0.15) is 36.7 Å². The van der Waals surface area contributed by atoms with Crippen molar-refractivity contribution in [1.29, 1.82) is 5.26 Å². The summed E-state index contributed by atoms with van der Waals surface area (Å²) in [5, 5.41) is 9.19. The maximum absolute atomic E-state index is 12.9. The van der Waals surface area contributed by atoms with Gasteiger partial charge in [-0.3, -0.25) is 0 Å². The third kappa shape index (κ3) is 2.77. The van der Waals surface area contributed by atoms with Gasteiger partial charge >= 0.3 is 6.18 Å². The molecule has 0 saturated carbocycles. The first-order valence-corrected chi connectivity index (χ1v) is 6.42. The van der Waals surface area contributed by atoms with E-state index in [1.54, 1.807) is 39.0 Å². The van der Waals surface area contributed by atoms with Crippen LogP contribution in [-0.4, -0.2) is 9.55 Å². The number of alkyl halides is 3. The molecule has 1 aromatic heterocycles. The van der Waals surface area contributed by atoms with Crippen LogP contribution in [0, 0.1) is 18.3 Å². The zero-order valence-electron chi connectivity index (χ0n) is 11.9. The van der Waals surface area contributed by atoms with Gasteiger partial charge in [-0.25, -0.2) is 4.98 Å². The molecule has 0 spiro atoms. The van der Waals surface area contributed by atoms with E-state index in [2.05, 4.69) is 4.98 Å². The number of hydrogen-bond donors (Lipinski definition) is 0. The number of aromatic nitrogens is 2. The lowest BCUT2D eigenvalue weighted by molar-refractivity contribution is -0.140. The van der Waals surface area contributed by atoms with Gasteiger partial charge in [0.25, 0.3) is 0 Å². The second-order valence-corrected chi connectivity index (χ2v) is 5.06. The molecule has 2 aromatic rings. The number of nitriles is 1. The third-order valence-electron chi connectivity index (χ3n) is 3.20. The van der Waals surface area contributed by atoms with Gasteiger partial charge in [0.2, 0.25) is 0 Å². The Labute approximate surface area is 120 Å². The van der Waals surface area contributed by atoms with Crippen molar-refractivity contribution in [3.63, 3.8) is 0 Å². The number of hydrogen-bond acceptors (Lipinski definition) is 2. The lowest BCUT2D eigenvalue weighted by Crippen LogP contribution is -2.05. The summed E-state index contributed by atoms with van der Waals surface area (Å²) in [6.45, 7) is 5.30. The van der Waals surface area contributed by atoms with E-state index in [-0.39, 0.29) is 11.9 Å². The highest BCUT2D eigenvalue weighted by Gasteiger charge is 2.35. The molecular weight excluding hydrogens is 279 g/mol. The summed E-state index contributed by atoms with van der Waals surface area (Å²) in [7, 11) is 0. The molecule has 0 atom stereocenters. The van der Waals surface area contributed by atoms with Crippen molar-refractivity contribution < 1.29 is 13.2 Å². The minimum Gasteiger partial charge on any atom is -0.328 e. The Hall–Kier alpha value is -2.29. The third-order valence-corrected chi connectivity index (χ3v) is 3.20. The Kier molecular flexibility index (Phi) is 3.77. The minimum absolute atomic E-state index is 0.173. The summed E-state index contributed by atoms with van der Waals surface area (Å²) >= 11 is 0. The molecule has 0 radical (unpaired) electrons. The summed E-state index contributed by atoms with van der Waals surface area (Å²) in [4.78, 5) is 3.73. The highest BCUT2D eigenvalue weighted by molar-refractivity contribution is 5.69. The molecule has 110 valence electrons. The van der Waals surface area contributed by atoms with E-state index < -0.39 is 11.9 Å². The molecule has 0 aliphatic carbocycles. The van der Waals surface area contributed by atoms with E-state index in [0.717, 1.165) is 11.8 Å². The Morgan fingerprint density at radius 2 is 1.95 bits per heavy atom. The molecule has 2 rings (SSSR count).